The number of hydrogen-bond donors (Lipinski definition) is 0. The van der Waals surface area contributed by atoms with Gasteiger partial charge in [-0.1, -0.05) is 13.5 Å². The van der Waals surface area contributed by atoms with Crippen molar-refractivity contribution >= 4 is 9.76 Å². The van der Waals surface area contributed by atoms with Crippen molar-refractivity contribution in [2.45, 2.75) is 19.9 Å². The third-order valence-electron chi connectivity index (χ3n) is 0.553. The van der Waals surface area contributed by atoms with Gasteiger partial charge < -0.3 is 4.43 Å². The second kappa shape index (κ2) is 15.7. The van der Waals surface area contributed by atoms with Gasteiger partial charge in [0.25, 0.3) is 0 Å². The molecule has 0 aromatic heterocycles. The van der Waals surface area contributed by atoms with Crippen molar-refractivity contribution in [1.82, 2.24) is 0 Å². The fourth-order valence-electron chi connectivity index (χ4n) is 0.289. The molecule has 0 saturated carbocycles. The molecule has 0 aliphatic heterocycles. The molecule has 0 amide bonds. The van der Waals surface area contributed by atoms with E-state index < -0.39 is 0 Å². The highest BCUT2D eigenvalue weighted by Crippen LogP contribution is 1.73. The molecule has 1 nitrogen and oxygen atoms in total. The molecule has 0 bridgehead atoms. The van der Waals surface area contributed by atoms with Gasteiger partial charge in [-0.3, -0.25) is 0 Å². The zero-order chi connectivity index (χ0) is 7.54. The minimum absolute atomic E-state index is 0.0783. The van der Waals surface area contributed by atoms with Crippen LogP contribution in [0.15, 0.2) is 12.9 Å². The van der Waals surface area contributed by atoms with Crippen molar-refractivity contribution in [3.8, 4) is 0 Å². The molecular formula is C6H15FOSi. The topological polar surface area (TPSA) is 9.23 Å². The normalized spacial score (nSPS) is 8.78. The Morgan fingerprint density at radius 2 is 2.11 bits per heavy atom. The standard InChI is InChI=1S/C4H12OSi.C2H3F/c1-3-5-6-4-2;1-2-3/h3-4,6H2,1-2H3;2H,1H2. The molecule has 0 rings (SSSR count). The van der Waals surface area contributed by atoms with Crippen LogP contribution in [0.4, 0.5) is 4.39 Å². The molecule has 0 aliphatic carbocycles. The summed E-state index contributed by atoms with van der Waals surface area (Å²) in [5.74, 6) is 0. The van der Waals surface area contributed by atoms with Gasteiger partial charge in [-0.25, -0.2) is 4.39 Å². The first-order valence-electron chi connectivity index (χ1n) is 3.12. The summed E-state index contributed by atoms with van der Waals surface area (Å²) in [5, 5.41) is 0. The molecule has 0 heterocycles. The average molecular weight is 150 g/mol. The van der Waals surface area contributed by atoms with Gasteiger partial charge in [-0.2, -0.15) is 0 Å². The van der Waals surface area contributed by atoms with E-state index in [4.69, 9.17) is 4.43 Å². The number of halogens is 1. The Kier molecular flexibility index (Phi) is 20.2. The van der Waals surface area contributed by atoms with Crippen LogP contribution in [-0.2, 0) is 4.43 Å². The lowest BCUT2D eigenvalue weighted by Gasteiger charge is -1.90. The summed E-state index contributed by atoms with van der Waals surface area (Å²) in [6.07, 6.45) is 0.250. The van der Waals surface area contributed by atoms with Crippen LogP contribution in [0.2, 0.25) is 6.04 Å². The lowest BCUT2D eigenvalue weighted by atomic mass is 10.9. The van der Waals surface area contributed by atoms with Crippen LogP contribution >= 0.6 is 0 Å². The first-order chi connectivity index (χ1) is 4.33. The molecule has 3 heteroatoms. The average Bonchev–Trinajstić information content (AvgIpc) is 1.86. The Morgan fingerprint density at radius 3 is 2.22 bits per heavy atom. The van der Waals surface area contributed by atoms with Crippen molar-refractivity contribution in [2.24, 2.45) is 0 Å². The first kappa shape index (κ1) is 11.6. The monoisotopic (exact) mass is 150 g/mol. The van der Waals surface area contributed by atoms with Crippen LogP contribution in [-0.4, -0.2) is 16.4 Å². The van der Waals surface area contributed by atoms with Crippen LogP contribution in [0, 0.1) is 0 Å². The Hall–Kier alpha value is -0.153. The maximum atomic E-state index is 10.1. The van der Waals surface area contributed by atoms with Gasteiger partial charge in [0.1, 0.15) is 0 Å². The summed E-state index contributed by atoms with van der Waals surface area (Å²) >= 11 is 0. The van der Waals surface area contributed by atoms with E-state index in [-0.39, 0.29) is 16.1 Å². The van der Waals surface area contributed by atoms with Crippen LogP contribution in [0.1, 0.15) is 13.8 Å². The summed E-state index contributed by atoms with van der Waals surface area (Å²) in [4.78, 5) is 0. The van der Waals surface area contributed by atoms with Crippen molar-refractivity contribution in [3.63, 3.8) is 0 Å². The highest BCUT2D eigenvalue weighted by atomic mass is 28.2. The summed E-state index contributed by atoms with van der Waals surface area (Å²) < 4.78 is 15.2. The predicted octanol–water partition coefficient (Wildman–Crippen LogP) is 1.64. The van der Waals surface area contributed by atoms with Crippen LogP contribution < -0.4 is 0 Å². The van der Waals surface area contributed by atoms with Crippen molar-refractivity contribution in [1.29, 1.82) is 0 Å². The molecule has 0 radical (unpaired) electrons. The van der Waals surface area contributed by atoms with E-state index in [0.29, 0.717) is 0 Å². The number of rotatable bonds is 3. The highest BCUT2D eigenvalue weighted by Gasteiger charge is 1.75. The minimum Gasteiger partial charge on any atom is -0.424 e. The van der Waals surface area contributed by atoms with E-state index in [2.05, 4.69) is 13.5 Å². The van der Waals surface area contributed by atoms with Crippen molar-refractivity contribution in [2.75, 3.05) is 6.61 Å². The Bertz CT molecular complexity index is 46.3. The van der Waals surface area contributed by atoms with Crippen LogP contribution in [0.3, 0.4) is 0 Å². The molecule has 0 spiro atoms. The van der Waals surface area contributed by atoms with Gasteiger partial charge >= 0.3 is 0 Å². The smallest absolute Gasteiger partial charge is 0.161 e. The van der Waals surface area contributed by atoms with Gasteiger partial charge in [0.05, 0.1) is 6.33 Å². The minimum atomic E-state index is -0.0783. The van der Waals surface area contributed by atoms with Crippen molar-refractivity contribution < 1.29 is 8.82 Å². The first-order valence-corrected chi connectivity index (χ1v) is 4.70. The van der Waals surface area contributed by atoms with Gasteiger partial charge in [0.2, 0.25) is 0 Å². The zero-order valence-electron chi connectivity index (χ0n) is 6.19. The molecule has 0 N–H and O–H groups in total. The zero-order valence-corrected chi connectivity index (χ0v) is 7.61. The molecule has 0 saturated heterocycles. The molecule has 0 aromatic carbocycles. The van der Waals surface area contributed by atoms with E-state index in [1.807, 2.05) is 6.92 Å². The molecule has 56 valence electrons. The molecule has 0 fully saturated rings. The summed E-state index contributed by atoms with van der Waals surface area (Å²) in [6, 6.07) is 1.27. The van der Waals surface area contributed by atoms with Gasteiger partial charge in [0.15, 0.2) is 9.76 Å². The fraction of sp³-hybridized carbons (Fsp3) is 0.667. The third-order valence-corrected chi connectivity index (χ3v) is 1.66. The van der Waals surface area contributed by atoms with E-state index in [1.165, 1.54) is 6.04 Å². The molecule has 0 unspecified atom stereocenters. The maximum Gasteiger partial charge on any atom is 0.161 e. The Balaban J connectivity index is 0. The van der Waals surface area contributed by atoms with E-state index in [0.717, 1.165) is 6.61 Å². The molecule has 0 atom stereocenters. The molecule has 9 heavy (non-hydrogen) atoms. The predicted molar refractivity (Wildman–Crippen MR) is 42.0 cm³/mol. The lowest BCUT2D eigenvalue weighted by Crippen LogP contribution is -1.93. The lowest BCUT2D eigenvalue weighted by molar-refractivity contribution is 0.361. The highest BCUT2D eigenvalue weighted by molar-refractivity contribution is 6.26. The fourth-order valence-corrected chi connectivity index (χ4v) is 0.866. The molecule has 0 aliphatic rings. The van der Waals surface area contributed by atoms with Gasteiger partial charge in [0, 0.05) is 6.61 Å². The largest absolute Gasteiger partial charge is 0.424 e. The van der Waals surface area contributed by atoms with E-state index in [1.54, 1.807) is 0 Å². The van der Waals surface area contributed by atoms with Gasteiger partial charge in [-0.05, 0) is 13.0 Å². The Morgan fingerprint density at radius 1 is 1.67 bits per heavy atom. The van der Waals surface area contributed by atoms with Crippen LogP contribution in [0.5, 0.6) is 0 Å². The van der Waals surface area contributed by atoms with E-state index in [9.17, 15) is 4.39 Å². The quantitative estimate of drug-likeness (QED) is 0.439. The summed E-state index contributed by atoms with van der Waals surface area (Å²) in [5.41, 5.74) is 0. The summed E-state index contributed by atoms with van der Waals surface area (Å²) in [7, 11) is -0.0783. The van der Waals surface area contributed by atoms with Crippen LogP contribution in [0.25, 0.3) is 0 Å². The van der Waals surface area contributed by atoms with Crippen molar-refractivity contribution in [3.05, 3.63) is 12.9 Å². The van der Waals surface area contributed by atoms with Gasteiger partial charge in [-0.15, -0.1) is 0 Å². The second-order valence-corrected chi connectivity index (χ2v) is 3.17. The molecule has 0 aromatic rings. The van der Waals surface area contributed by atoms with E-state index >= 15 is 0 Å². The Labute approximate surface area is 58.9 Å². The molecular weight excluding hydrogens is 135 g/mol. The SMILES string of the molecule is C=CF.CCO[SiH2]CC. The maximum absolute atomic E-state index is 10.1. The second-order valence-electron chi connectivity index (χ2n) is 1.35. The summed E-state index contributed by atoms with van der Waals surface area (Å²) in [6.45, 7) is 7.82. The number of hydrogen-bond acceptors (Lipinski definition) is 1. The third kappa shape index (κ3) is 33.1.